The van der Waals surface area contributed by atoms with E-state index < -0.39 is 0 Å². The Morgan fingerprint density at radius 2 is 1.87 bits per heavy atom. The molecule has 7 nitrogen and oxygen atoms in total. The molecule has 3 aromatic rings. The number of benzene rings is 2. The number of halogens is 1. The zero-order chi connectivity index (χ0) is 22.5. The molecule has 0 saturated heterocycles. The lowest BCUT2D eigenvalue weighted by atomic mass is 10.1. The maximum atomic E-state index is 12.7. The standard InChI is InChI=1S/C23H24ClN3O4/c1-14(2)13-31-21-18(24)11-16(12-19(21)30-4)23(29)26-17-7-5-15(6-8-17)20(28)22-25-9-10-27(22)3/h5-12,14H,13H2,1-4H3,(H,26,29). The maximum absolute atomic E-state index is 12.7. The van der Waals surface area contributed by atoms with Crippen molar-refractivity contribution < 1.29 is 19.1 Å². The van der Waals surface area contributed by atoms with Gasteiger partial charge in [-0.2, -0.15) is 0 Å². The maximum Gasteiger partial charge on any atom is 0.255 e. The monoisotopic (exact) mass is 441 g/mol. The van der Waals surface area contributed by atoms with E-state index in [1.807, 2.05) is 13.8 Å². The largest absolute Gasteiger partial charge is 0.493 e. The van der Waals surface area contributed by atoms with Gasteiger partial charge in [-0.05, 0) is 42.3 Å². The minimum atomic E-state index is -0.362. The molecule has 162 valence electrons. The van der Waals surface area contributed by atoms with Crippen molar-refractivity contribution in [1.29, 1.82) is 0 Å². The molecule has 1 aromatic heterocycles. The van der Waals surface area contributed by atoms with Crippen molar-refractivity contribution in [3.8, 4) is 11.5 Å². The lowest BCUT2D eigenvalue weighted by Crippen LogP contribution is -2.13. The molecule has 0 radical (unpaired) electrons. The molecule has 0 aliphatic heterocycles. The first-order valence-corrected chi connectivity index (χ1v) is 10.1. The first-order valence-electron chi connectivity index (χ1n) is 9.74. The second kappa shape index (κ2) is 9.66. The predicted octanol–water partition coefficient (Wildman–Crippen LogP) is 4.60. The highest BCUT2D eigenvalue weighted by molar-refractivity contribution is 6.32. The van der Waals surface area contributed by atoms with E-state index in [-0.39, 0.29) is 11.7 Å². The molecule has 0 aliphatic rings. The van der Waals surface area contributed by atoms with Crippen LogP contribution < -0.4 is 14.8 Å². The third kappa shape index (κ3) is 5.24. The van der Waals surface area contributed by atoms with Crippen molar-refractivity contribution in [2.24, 2.45) is 13.0 Å². The Bertz CT molecular complexity index is 1090. The lowest BCUT2D eigenvalue weighted by molar-refractivity contribution is 0.102. The third-order valence-corrected chi connectivity index (χ3v) is 4.76. The lowest BCUT2D eigenvalue weighted by Gasteiger charge is -2.15. The van der Waals surface area contributed by atoms with Gasteiger partial charge in [0.05, 0.1) is 18.7 Å². The molecule has 0 bridgehead atoms. The number of anilines is 1. The van der Waals surface area contributed by atoms with Gasteiger partial charge in [-0.15, -0.1) is 0 Å². The van der Waals surface area contributed by atoms with Gasteiger partial charge in [-0.1, -0.05) is 25.4 Å². The summed E-state index contributed by atoms with van der Waals surface area (Å²) in [6.07, 6.45) is 3.28. The Morgan fingerprint density at radius 3 is 2.45 bits per heavy atom. The summed E-state index contributed by atoms with van der Waals surface area (Å²) in [5.74, 6) is 0.896. The van der Waals surface area contributed by atoms with Crippen molar-refractivity contribution in [2.45, 2.75) is 13.8 Å². The molecule has 0 aliphatic carbocycles. The van der Waals surface area contributed by atoms with Crippen molar-refractivity contribution >= 4 is 29.0 Å². The van der Waals surface area contributed by atoms with Gasteiger partial charge >= 0.3 is 0 Å². The summed E-state index contributed by atoms with van der Waals surface area (Å²) in [4.78, 5) is 29.3. The third-order valence-electron chi connectivity index (χ3n) is 4.48. The summed E-state index contributed by atoms with van der Waals surface area (Å²) in [7, 11) is 3.25. The predicted molar refractivity (Wildman–Crippen MR) is 119 cm³/mol. The zero-order valence-electron chi connectivity index (χ0n) is 17.8. The number of ketones is 1. The molecule has 2 aromatic carbocycles. The number of hydrogen-bond donors (Lipinski definition) is 1. The number of imidazole rings is 1. The number of nitrogens with zero attached hydrogens (tertiary/aromatic N) is 2. The van der Waals surface area contributed by atoms with Crippen LogP contribution in [0.2, 0.25) is 5.02 Å². The van der Waals surface area contributed by atoms with Crippen LogP contribution in [0.3, 0.4) is 0 Å². The molecule has 0 unspecified atom stereocenters. The van der Waals surface area contributed by atoms with Crippen LogP contribution in [0.15, 0.2) is 48.8 Å². The number of amides is 1. The molecular formula is C23H24ClN3O4. The van der Waals surface area contributed by atoms with Crippen LogP contribution in [0, 0.1) is 5.92 Å². The number of aryl methyl sites for hydroxylation is 1. The van der Waals surface area contributed by atoms with Crippen LogP contribution in [-0.4, -0.2) is 35.0 Å². The molecule has 1 N–H and O–H groups in total. The Balaban J connectivity index is 1.74. The summed E-state index contributed by atoms with van der Waals surface area (Å²) in [6, 6.07) is 9.72. The first kappa shape index (κ1) is 22.4. The van der Waals surface area contributed by atoms with Crippen LogP contribution in [0.1, 0.15) is 40.4 Å². The highest BCUT2D eigenvalue weighted by Crippen LogP contribution is 2.37. The number of nitrogens with one attached hydrogen (secondary N) is 1. The van der Waals surface area contributed by atoms with Gasteiger partial charge in [-0.25, -0.2) is 4.98 Å². The normalized spacial score (nSPS) is 10.8. The average Bonchev–Trinajstić information content (AvgIpc) is 3.18. The van der Waals surface area contributed by atoms with E-state index in [4.69, 9.17) is 21.1 Å². The summed E-state index contributed by atoms with van der Waals surface area (Å²) >= 11 is 6.33. The van der Waals surface area contributed by atoms with Gasteiger partial charge < -0.3 is 19.4 Å². The molecule has 3 rings (SSSR count). The SMILES string of the molecule is COc1cc(C(=O)Nc2ccc(C(=O)c3nccn3C)cc2)cc(Cl)c1OCC(C)C. The van der Waals surface area contributed by atoms with E-state index in [1.54, 1.807) is 54.3 Å². The fourth-order valence-electron chi connectivity index (χ4n) is 2.86. The van der Waals surface area contributed by atoms with Crippen molar-refractivity contribution in [2.75, 3.05) is 19.0 Å². The fraction of sp³-hybridized carbons (Fsp3) is 0.261. The summed E-state index contributed by atoms with van der Waals surface area (Å²) in [5, 5.41) is 3.09. The van der Waals surface area contributed by atoms with Gasteiger partial charge in [0.15, 0.2) is 17.3 Å². The Kier molecular flexibility index (Phi) is 6.97. The minimum absolute atomic E-state index is 0.195. The Hall–Kier alpha value is -3.32. The summed E-state index contributed by atoms with van der Waals surface area (Å²) < 4.78 is 12.7. The van der Waals surface area contributed by atoms with E-state index in [2.05, 4.69) is 10.3 Å². The van der Waals surface area contributed by atoms with Gasteiger partial charge in [0, 0.05) is 36.3 Å². The van der Waals surface area contributed by atoms with E-state index in [9.17, 15) is 9.59 Å². The second-order valence-corrected chi connectivity index (χ2v) is 7.82. The number of carbonyl (C=O) groups is 2. The van der Waals surface area contributed by atoms with Gasteiger partial charge in [0.1, 0.15) is 0 Å². The summed E-state index contributed by atoms with van der Waals surface area (Å²) in [6.45, 7) is 4.53. The van der Waals surface area contributed by atoms with Crippen LogP contribution in [0.5, 0.6) is 11.5 Å². The number of hydrogen-bond acceptors (Lipinski definition) is 5. The van der Waals surface area contributed by atoms with E-state index in [0.717, 1.165) is 0 Å². The second-order valence-electron chi connectivity index (χ2n) is 7.42. The Morgan fingerprint density at radius 1 is 1.16 bits per heavy atom. The smallest absolute Gasteiger partial charge is 0.255 e. The highest BCUT2D eigenvalue weighted by atomic mass is 35.5. The molecule has 0 spiro atoms. The quantitative estimate of drug-likeness (QED) is 0.516. The molecule has 31 heavy (non-hydrogen) atoms. The van der Waals surface area contributed by atoms with Crippen LogP contribution >= 0.6 is 11.6 Å². The molecule has 0 fully saturated rings. The highest BCUT2D eigenvalue weighted by Gasteiger charge is 2.17. The molecule has 1 heterocycles. The van der Waals surface area contributed by atoms with Gasteiger partial charge in [0.25, 0.3) is 5.91 Å². The van der Waals surface area contributed by atoms with Gasteiger partial charge in [0.2, 0.25) is 5.78 Å². The Labute approximate surface area is 186 Å². The van der Waals surface area contributed by atoms with Crippen molar-refractivity contribution in [3.63, 3.8) is 0 Å². The fourth-order valence-corrected chi connectivity index (χ4v) is 3.13. The number of aromatic nitrogens is 2. The molecular weight excluding hydrogens is 418 g/mol. The number of carbonyl (C=O) groups excluding carboxylic acids is 2. The topological polar surface area (TPSA) is 82.5 Å². The number of rotatable bonds is 8. The molecule has 0 saturated carbocycles. The molecule has 8 heteroatoms. The van der Waals surface area contributed by atoms with Crippen LogP contribution in [-0.2, 0) is 7.05 Å². The van der Waals surface area contributed by atoms with Crippen molar-refractivity contribution in [3.05, 3.63) is 70.8 Å². The van der Waals surface area contributed by atoms with Crippen LogP contribution in [0.4, 0.5) is 5.69 Å². The first-order chi connectivity index (χ1) is 14.8. The van der Waals surface area contributed by atoms with E-state index in [0.29, 0.717) is 51.7 Å². The number of ether oxygens (including phenoxy) is 2. The van der Waals surface area contributed by atoms with Gasteiger partial charge in [-0.3, -0.25) is 9.59 Å². The number of methoxy groups -OCH3 is 1. The average molecular weight is 442 g/mol. The minimum Gasteiger partial charge on any atom is -0.493 e. The van der Waals surface area contributed by atoms with Crippen LogP contribution in [0.25, 0.3) is 0 Å². The zero-order valence-corrected chi connectivity index (χ0v) is 18.6. The van der Waals surface area contributed by atoms with E-state index >= 15 is 0 Å². The van der Waals surface area contributed by atoms with E-state index in [1.165, 1.54) is 13.2 Å². The summed E-state index contributed by atoms with van der Waals surface area (Å²) in [5.41, 5.74) is 1.34. The molecule has 0 atom stereocenters. The molecule has 1 amide bonds. The van der Waals surface area contributed by atoms with Crippen molar-refractivity contribution in [1.82, 2.24) is 9.55 Å².